The average molecular weight is 398 g/mol. The fourth-order valence-corrected chi connectivity index (χ4v) is 3.17. The number of para-hydroxylation sites is 1. The molecule has 1 aromatic heterocycles. The number of hydrogen-bond acceptors (Lipinski definition) is 4. The van der Waals surface area contributed by atoms with Gasteiger partial charge in [-0.25, -0.2) is 15.0 Å². The standard InChI is InChI=1S/C21H20ClN3O3/c22-16-11-9-15(10-12-16)18-14-19(25(23-18)17-6-2-1-3-7-17)21(26)24-28-20-8-4-5-13-27-20/h1-3,6-7,9-12,14,20H,4-5,8,13H2,(H,24,26). The molecule has 1 unspecified atom stereocenters. The van der Waals surface area contributed by atoms with Gasteiger partial charge in [-0.2, -0.15) is 5.10 Å². The van der Waals surface area contributed by atoms with Gasteiger partial charge in [-0.3, -0.25) is 4.79 Å². The summed E-state index contributed by atoms with van der Waals surface area (Å²) < 4.78 is 7.09. The van der Waals surface area contributed by atoms with Crippen molar-refractivity contribution in [2.75, 3.05) is 6.61 Å². The molecule has 7 heteroatoms. The topological polar surface area (TPSA) is 65.4 Å². The Labute approximate surface area is 168 Å². The predicted octanol–water partition coefficient (Wildman–Crippen LogP) is 4.38. The molecule has 0 saturated carbocycles. The summed E-state index contributed by atoms with van der Waals surface area (Å²) in [5.74, 6) is -0.384. The number of nitrogens with zero attached hydrogens (tertiary/aromatic N) is 2. The maximum atomic E-state index is 12.8. The third-order valence-corrected chi connectivity index (χ3v) is 4.76. The van der Waals surface area contributed by atoms with Gasteiger partial charge in [-0.05, 0) is 43.2 Å². The van der Waals surface area contributed by atoms with E-state index >= 15 is 0 Å². The van der Waals surface area contributed by atoms with Crippen molar-refractivity contribution in [2.45, 2.75) is 25.6 Å². The maximum Gasteiger partial charge on any atom is 0.293 e. The summed E-state index contributed by atoms with van der Waals surface area (Å²) in [7, 11) is 0. The van der Waals surface area contributed by atoms with Crippen LogP contribution in [0, 0.1) is 0 Å². The minimum absolute atomic E-state index is 0.368. The third-order valence-electron chi connectivity index (χ3n) is 4.50. The molecule has 0 bridgehead atoms. The van der Waals surface area contributed by atoms with Crippen LogP contribution < -0.4 is 5.48 Å². The van der Waals surface area contributed by atoms with Crippen molar-refractivity contribution in [3.63, 3.8) is 0 Å². The second-order valence-electron chi connectivity index (χ2n) is 6.51. The van der Waals surface area contributed by atoms with Crippen molar-refractivity contribution in [2.24, 2.45) is 0 Å². The Bertz CT molecular complexity index is 935. The lowest BCUT2D eigenvalue weighted by molar-refractivity contribution is -0.186. The van der Waals surface area contributed by atoms with Gasteiger partial charge in [-0.15, -0.1) is 0 Å². The monoisotopic (exact) mass is 397 g/mol. The highest BCUT2D eigenvalue weighted by molar-refractivity contribution is 6.30. The fourth-order valence-electron chi connectivity index (χ4n) is 3.05. The van der Waals surface area contributed by atoms with Crippen LogP contribution in [0.1, 0.15) is 29.8 Å². The summed E-state index contributed by atoms with van der Waals surface area (Å²) in [6.45, 7) is 0.642. The van der Waals surface area contributed by atoms with Crippen molar-refractivity contribution in [1.29, 1.82) is 0 Å². The zero-order valence-electron chi connectivity index (χ0n) is 15.2. The van der Waals surface area contributed by atoms with Crippen LogP contribution in [-0.4, -0.2) is 28.6 Å². The van der Waals surface area contributed by atoms with Crippen LogP contribution in [0.2, 0.25) is 5.02 Å². The van der Waals surface area contributed by atoms with Gasteiger partial charge < -0.3 is 4.74 Å². The zero-order chi connectivity index (χ0) is 19.3. The van der Waals surface area contributed by atoms with Gasteiger partial charge in [0.25, 0.3) is 5.91 Å². The Kier molecular flexibility index (Phi) is 5.71. The molecular weight excluding hydrogens is 378 g/mol. The molecule has 2 aromatic carbocycles. The van der Waals surface area contributed by atoms with E-state index in [-0.39, 0.29) is 5.91 Å². The minimum Gasteiger partial charge on any atom is -0.350 e. The van der Waals surface area contributed by atoms with E-state index in [0.29, 0.717) is 23.0 Å². The molecule has 1 aliphatic heterocycles. The number of rotatable bonds is 5. The van der Waals surface area contributed by atoms with Crippen LogP contribution in [0.25, 0.3) is 16.9 Å². The summed E-state index contributed by atoms with van der Waals surface area (Å²) in [4.78, 5) is 18.2. The molecule has 3 aromatic rings. The molecule has 1 saturated heterocycles. The van der Waals surface area contributed by atoms with E-state index in [9.17, 15) is 4.79 Å². The van der Waals surface area contributed by atoms with Crippen molar-refractivity contribution < 1.29 is 14.4 Å². The molecule has 144 valence electrons. The molecule has 0 spiro atoms. The van der Waals surface area contributed by atoms with Crippen LogP contribution in [0.5, 0.6) is 0 Å². The molecule has 1 amide bonds. The van der Waals surface area contributed by atoms with Gasteiger partial charge in [0.2, 0.25) is 0 Å². The molecule has 6 nitrogen and oxygen atoms in total. The summed E-state index contributed by atoms with van der Waals surface area (Å²) in [6, 6.07) is 18.5. The van der Waals surface area contributed by atoms with Crippen molar-refractivity contribution >= 4 is 17.5 Å². The highest BCUT2D eigenvalue weighted by atomic mass is 35.5. The smallest absolute Gasteiger partial charge is 0.293 e. The van der Waals surface area contributed by atoms with E-state index in [1.54, 1.807) is 22.9 Å². The third kappa shape index (κ3) is 4.25. The van der Waals surface area contributed by atoms with Crippen molar-refractivity contribution in [3.05, 3.63) is 71.4 Å². The molecule has 1 N–H and O–H groups in total. The summed E-state index contributed by atoms with van der Waals surface area (Å²) in [5, 5.41) is 5.27. The fraction of sp³-hybridized carbons (Fsp3) is 0.238. The highest BCUT2D eigenvalue weighted by Gasteiger charge is 2.20. The lowest BCUT2D eigenvalue weighted by Gasteiger charge is -2.22. The summed E-state index contributed by atoms with van der Waals surface area (Å²) in [6.07, 6.45) is 2.37. The molecule has 28 heavy (non-hydrogen) atoms. The molecular formula is C21H20ClN3O3. The maximum absolute atomic E-state index is 12.8. The summed E-state index contributed by atoms with van der Waals surface area (Å²) in [5.41, 5.74) is 5.19. The van der Waals surface area contributed by atoms with Crippen molar-refractivity contribution in [3.8, 4) is 16.9 Å². The molecule has 0 radical (unpaired) electrons. The minimum atomic E-state index is -0.415. The number of hydrogen-bond donors (Lipinski definition) is 1. The van der Waals surface area contributed by atoms with Gasteiger partial charge >= 0.3 is 0 Å². The number of aromatic nitrogens is 2. The first kappa shape index (κ1) is 18.7. The number of ether oxygens (including phenoxy) is 1. The molecule has 1 fully saturated rings. The predicted molar refractivity (Wildman–Crippen MR) is 106 cm³/mol. The van der Waals surface area contributed by atoms with Gasteiger partial charge in [0.1, 0.15) is 5.69 Å². The lowest BCUT2D eigenvalue weighted by Crippen LogP contribution is -2.34. The Morgan fingerprint density at radius 2 is 1.93 bits per heavy atom. The van der Waals surface area contributed by atoms with E-state index in [2.05, 4.69) is 10.6 Å². The quantitative estimate of drug-likeness (QED) is 0.649. The first-order chi connectivity index (χ1) is 13.7. The lowest BCUT2D eigenvalue weighted by atomic mass is 10.1. The highest BCUT2D eigenvalue weighted by Crippen LogP contribution is 2.23. The molecule has 0 aliphatic carbocycles. The number of benzene rings is 2. The zero-order valence-corrected chi connectivity index (χ0v) is 15.9. The Balaban J connectivity index is 1.62. The first-order valence-electron chi connectivity index (χ1n) is 9.20. The van der Waals surface area contributed by atoms with Gasteiger partial charge in [0.05, 0.1) is 11.4 Å². The van der Waals surface area contributed by atoms with E-state index in [1.165, 1.54) is 0 Å². The Morgan fingerprint density at radius 3 is 2.64 bits per heavy atom. The van der Waals surface area contributed by atoms with Crippen LogP contribution in [0.4, 0.5) is 0 Å². The van der Waals surface area contributed by atoms with Gasteiger partial charge in [0, 0.05) is 23.6 Å². The normalized spacial score (nSPS) is 16.7. The van der Waals surface area contributed by atoms with Crippen molar-refractivity contribution in [1.82, 2.24) is 15.3 Å². The van der Waals surface area contributed by atoms with Crippen LogP contribution in [0.3, 0.4) is 0 Å². The SMILES string of the molecule is O=C(NOC1CCCCO1)c1cc(-c2ccc(Cl)cc2)nn1-c1ccccc1. The number of amides is 1. The van der Waals surface area contributed by atoms with E-state index in [0.717, 1.165) is 30.5 Å². The average Bonchev–Trinajstić information content (AvgIpc) is 3.19. The van der Waals surface area contributed by atoms with E-state index in [4.69, 9.17) is 21.2 Å². The Hall–Kier alpha value is -2.67. The molecule has 1 atom stereocenters. The molecule has 4 rings (SSSR count). The number of halogens is 1. The van der Waals surface area contributed by atoms with Crippen LogP contribution in [-0.2, 0) is 9.57 Å². The van der Waals surface area contributed by atoms with Crippen LogP contribution >= 0.6 is 11.6 Å². The largest absolute Gasteiger partial charge is 0.350 e. The number of hydroxylamine groups is 1. The van der Waals surface area contributed by atoms with Gasteiger partial charge in [0.15, 0.2) is 6.29 Å². The van der Waals surface area contributed by atoms with Gasteiger partial charge in [-0.1, -0.05) is 41.9 Å². The number of nitrogens with one attached hydrogen (secondary N) is 1. The molecule has 2 heterocycles. The number of carbonyl (C=O) groups is 1. The molecule has 1 aliphatic rings. The van der Waals surface area contributed by atoms with E-state index in [1.807, 2.05) is 42.5 Å². The van der Waals surface area contributed by atoms with E-state index < -0.39 is 6.29 Å². The van der Waals surface area contributed by atoms with Crippen LogP contribution in [0.15, 0.2) is 60.7 Å². The second kappa shape index (κ2) is 8.56. The Morgan fingerprint density at radius 1 is 1.14 bits per heavy atom. The summed E-state index contributed by atoms with van der Waals surface area (Å²) >= 11 is 5.98. The second-order valence-corrected chi connectivity index (χ2v) is 6.95. The number of carbonyl (C=O) groups excluding carboxylic acids is 1. The first-order valence-corrected chi connectivity index (χ1v) is 9.57.